The highest BCUT2D eigenvalue weighted by Crippen LogP contribution is 2.21. The van der Waals surface area contributed by atoms with Gasteiger partial charge < -0.3 is 20.3 Å². The molecule has 0 spiro atoms. The van der Waals surface area contributed by atoms with Crippen LogP contribution < -0.4 is 5.32 Å². The van der Waals surface area contributed by atoms with E-state index in [0.29, 0.717) is 25.9 Å². The summed E-state index contributed by atoms with van der Waals surface area (Å²) >= 11 is 0. The largest absolute Gasteiger partial charge is 0.466 e. The summed E-state index contributed by atoms with van der Waals surface area (Å²) in [7, 11) is 0. The van der Waals surface area contributed by atoms with E-state index in [2.05, 4.69) is 43.5 Å². The van der Waals surface area contributed by atoms with Crippen molar-refractivity contribution in [1.29, 1.82) is 0 Å². The molecule has 0 aromatic heterocycles. The van der Waals surface area contributed by atoms with Gasteiger partial charge in [0.2, 0.25) is 5.91 Å². The molecule has 2 atom stereocenters. The van der Waals surface area contributed by atoms with E-state index in [-0.39, 0.29) is 18.5 Å². The zero-order valence-corrected chi connectivity index (χ0v) is 60.7. The average Bonchev–Trinajstić information content (AvgIpc) is 3.57. The number of nitrogens with one attached hydrogen (secondary N) is 1. The van der Waals surface area contributed by atoms with Gasteiger partial charge in [0, 0.05) is 12.8 Å². The predicted molar refractivity (Wildman–Crippen MR) is 393 cm³/mol. The molecule has 6 heteroatoms. The van der Waals surface area contributed by atoms with E-state index in [9.17, 15) is 19.8 Å². The molecule has 0 aliphatic carbocycles. The Labute approximate surface area is 558 Å². The van der Waals surface area contributed by atoms with Crippen LogP contribution in [0.2, 0.25) is 0 Å². The van der Waals surface area contributed by atoms with Crippen molar-refractivity contribution in [1.82, 2.24) is 5.32 Å². The van der Waals surface area contributed by atoms with Crippen LogP contribution in [0.5, 0.6) is 0 Å². The van der Waals surface area contributed by atoms with E-state index in [1.54, 1.807) is 0 Å². The van der Waals surface area contributed by atoms with Crippen LogP contribution in [0.1, 0.15) is 470 Å². The van der Waals surface area contributed by atoms with Crippen LogP contribution in [0.3, 0.4) is 0 Å². The Balaban J connectivity index is 3.33. The van der Waals surface area contributed by atoms with Crippen LogP contribution in [0.15, 0.2) is 24.3 Å². The van der Waals surface area contributed by atoms with Gasteiger partial charge in [0.25, 0.3) is 0 Å². The topological polar surface area (TPSA) is 95.9 Å². The van der Waals surface area contributed by atoms with Crippen molar-refractivity contribution in [3.8, 4) is 0 Å². The summed E-state index contributed by atoms with van der Waals surface area (Å²) in [5.74, 6) is -0.0161. The maximum Gasteiger partial charge on any atom is 0.305 e. The highest BCUT2D eigenvalue weighted by molar-refractivity contribution is 5.76. The van der Waals surface area contributed by atoms with Crippen LogP contribution >= 0.6 is 0 Å². The van der Waals surface area contributed by atoms with Crippen LogP contribution in [0, 0.1) is 0 Å². The quantitative estimate of drug-likeness (QED) is 0.0320. The molecular formula is C83H161NO5. The Morgan fingerprint density at radius 2 is 0.562 bits per heavy atom. The summed E-state index contributed by atoms with van der Waals surface area (Å²) in [6.45, 7) is 4.98. The molecule has 0 saturated carbocycles. The molecule has 528 valence electrons. The summed E-state index contributed by atoms with van der Waals surface area (Å²) in [5, 5.41) is 23.5. The third-order valence-corrected chi connectivity index (χ3v) is 19.5. The van der Waals surface area contributed by atoms with E-state index in [4.69, 9.17) is 4.74 Å². The lowest BCUT2D eigenvalue weighted by Crippen LogP contribution is -2.45. The fourth-order valence-corrected chi connectivity index (χ4v) is 13.3. The molecular weight excluding hydrogens is 1090 g/mol. The first-order chi connectivity index (χ1) is 44.0. The van der Waals surface area contributed by atoms with Gasteiger partial charge in [-0.05, 0) is 57.8 Å². The molecule has 3 N–H and O–H groups in total. The number of hydrogen-bond donors (Lipinski definition) is 3. The van der Waals surface area contributed by atoms with Gasteiger partial charge in [-0.15, -0.1) is 0 Å². The second-order valence-electron chi connectivity index (χ2n) is 28.5. The number of ether oxygens (including phenoxy) is 1. The Hall–Kier alpha value is -1.66. The fourth-order valence-electron chi connectivity index (χ4n) is 13.3. The molecule has 0 fully saturated rings. The number of rotatable bonds is 78. The minimum Gasteiger partial charge on any atom is -0.466 e. The van der Waals surface area contributed by atoms with Crippen LogP contribution in [0.25, 0.3) is 0 Å². The number of aliphatic hydroxyl groups is 2. The van der Waals surface area contributed by atoms with Gasteiger partial charge in [-0.3, -0.25) is 9.59 Å². The highest BCUT2D eigenvalue weighted by atomic mass is 16.5. The summed E-state index contributed by atoms with van der Waals surface area (Å²) in [4.78, 5) is 24.7. The van der Waals surface area contributed by atoms with E-state index in [0.717, 1.165) is 51.4 Å². The van der Waals surface area contributed by atoms with E-state index in [1.165, 1.54) is 385 Å². The minimum atomic E-state index is -0.663. The predicted octanol–water partition coefficient (Wildman–Crippen LogP) is 27.2. The molecule has 0 radical (unpaired) electrons. The average molecular weight is 1250 g/mol. The molecule has 6 nitrogen and oxygen atoms in total. The van der Waals surface area contributed by atoms with E-state index < -0.39 is 12.1 Å². The lowest BCUT2D eigenvalue weighted by atomic mass is 10.0. The summed E-state index contributed by atoms with van der Waals surface area (Å²) in [5.41, 5.74) is 0. The number of hydrogen-bond acceptors (Lipinski definition) is 5. The van der Waals surface area contributed by atoms with Crippen LogP contribution in [-0.4, -0.2) is 47.4 Å². The summed E-state index contributed by atoms with van der Waals surface area (Å²) < 4.78 is 5.50. The van der Waals surface area contributed by atoms with Crippen molar-refractivity contribution < 1.29 is 24.5 Å². The first kappa shape index (κ1) is 87.3. The molecule has 2 unspecified atom stereocenters. The molecule has 0 bridgehead atoms. The smallest absolute Gasteiger partial charge is 0.305 e. The van der Waals surface area contributed by atoms with Crippen molar-refractivity contribution in [3.05, 3.63) is 24.3 Å². The van der Waals surface area contributed by atoms with Gasteiger partial charge in [-0.1, -0.05) is 423 Å². The SMILES string of the molecule is CCCCC/C=C\C/C=C\CCCCCCCC(=O)OCCCCCCCCCCCCCCCCCCCCCCCCCCCCCCCCCCC(=O)NC(CO)C(O)CCCCCCCCCCCCCCCCCCCCCCCCCCC. The molecule has 1 amide bonds. The normalized spacial score (nSPS) is 12.5. The number of esters is 1. The van der Waals surface area contributed by atoms with Crippen LogP contribution in [-0.2, 0) is 14.3 Å². The van der Waals surface area contributed by atoms with Crippen molar-refractivity contribution in [2.24, 2.45) is 0 Å². The standard InChI is InChI=1S/C83H161NO5/c1-3-5-7-9-11-13-15-17-19-20-21-22-23-32-35-38-41-44-48-51-55-59-63-67-71-75-81(86)80(79-85)84-82(87)76-72-68-64-60-56-52-49-45-42-39-36-33-30-28-26-24-25-27-29-31-34-37-40-43-46-50-54-58-62-66-70-74-78-89-83(88)77-73-69-65-61-57-53-47-18-16-14-12-10-8-6-4-2/h12,14,18,47,80-81,85-86H,3-11,13,15-17,19-46,48-79H2,1-2H3,(H,84,87)/b14-12-,47-18-. The maximum absolute atomic E-state index is 12.6. The Kier molecular flexibility index (Phi) is 77.3. The summed E-state index contributed by atoms with van der Waals surface area (Å²) in [6, 6.07) is -0.539. The molecule has 0 aromatic rings. The van der Waals surface area contributed by atoms with Crippen LogP contribution in [0.4, 0.5) is 0 Å². The first-order valence-electron chi connectivity index (χ1n) is 41.1. The molecule has 89 heavy (non-hydrogen) atoms. The summed E-state index contributed by atoms with van der Waals surface area (Å²) in [6.07, 6.45) is 101. The van der Waals surface area contributed by atoms with Crippen molar-refractivity contribution in [3.63, 3.8) is 0 Å². The molecule has 0 saturated heterocycles. The fraction of sp³-hybridized carbons (Fsp3) is 0.928. The number of allylic oxidation sites excluding steroid dienone is 4. The maximum atomic E-state index is 12.6. The van der Waals surface area contributed by atoms with E-state index >= 15 is 0 Å². The van der Waals surface area contributed by atoms with Gasteiger partial charge in [-0.2, -0.15) is 0 Å². The lowest BCUT2D eigenvalue weighted by Gasteiger charge is -2.22. The van der Waals surface area contributed by atoms with Gasteiger partial charge in [0.1, 0.15) is 0 Å². The highest BCUT2D eigenvalue weighted by Gasteiger charge is 2.20. The van der Waals surface area contributed by atoms with E-state index in [1.807, 2.05) is 0 Å². The Bertz CT molecular complexity index is 1400. The number of carbonyl (C=O) groups is 2. The molecule has 0 aliphatic heterocycles. The van der Waals surface area contributed by atoms with Gasteiger partial charge in [0.15, 0.2) is 0 Å². The van der Waals surface area contributed by atoms with Crippen molar-refractivity contribution in [2.75, 3.05) is 13.2 Å². The number of carbonyl (C=O) groups excluding carboxylic acids is 2. The monoisotopic (exact) mass is 1250 g/mol. The molecule has 0 rings (SSSR count). The Morgan fingerprint density at radius 3 is 0.876 bits per heavy atom. The zero-order valence-electron chi connectivity index (χ0n) is 60.7. The molecule has 0 aromatic carbocycles. The number of aliphatic hydroxyl groups excluding tert-OH is 2. The Morgan fingerprint density at radius 1 is 0.315 bits per heavy atom. The minimum absolute atomic E-state index is 0.00823. The third kappa shape index (κ3) is 75.3. The third-order valence-electron chi connectivity index (χ3n) is 19.5. The van der Waals surface area contributed by atoms with Gasteiger partial charge in [-0.25, -0.2) is 0 Å². The number of unbranched alkanes of at least 4 members (excludes halogenated alkanes) is 63. The molecule has 0 heterocycles. The number of amides is 1. The lowest BCUT2D eigenvalue weighted by molar-refractivity contribution is -0.143. The second kappa shape index (κ2) is 78.8. The second-order valence-corrected chi connectivity index (χ2v) is 28.5. The zero-order chi connectivity index (χ0) is 64.2. The first-order valence-corrected chi connectivity index (χ1v) is 41.1. The van der Waals surface area contributed by atoms with Crippen molar-refractivity contribution >= 4 is 11.9 Å². The van der Waals surface area contributed by atoms with Gasteiger partial charge in [0.05, 0.1) is 25.4 Å². The van der Waals surface area contributed by atoms with Crippen molar-refractivity contribution in [2.45, 2.75) is 482 Å². The molecule has 0 aliphatic rings. The van der Waals surface area contributed by atoms with Gasteiger partial charge >= 0.3 is 5.97 Å².